The van der Waals surface area contributed by atoms with E-state index in [-0.39, 0.29) is 0 Å². The number of aromatic nitrogens is 2. The maximum Gasteiger partial charge on any atom is 0.177 e. The lowest BCUT2D eigenvalue weighted by Crippen LogP contribution is -2.08. The van der Waals surface area contributed by atoms with Gasteiger partial charge in [0.05, 0.1) is 10.4 Å². The average molecular weight is 309 g/mol. The Bertz CT molecular complexity index is 735. The van der Waals surface area contributed by atoms with Crippen molar-refractivity contribution < 1.29 is 8.42 Å². The van der Waals surface area contributed by atoms with Gasteiger partial charge in [-0.25, -0.2) is 13.4 Å². The Balaban J connectivity index is 2.37. The van der Waals surface area contributed by atoms with Gasteiger partial charge in [0.2, 0.25) is 0 Å². The Labute approximate surface area is 126 Å². The largest absolute Gasteiger partial charge is 0.331 e. The number of nitrogens with two attached hydrogens (primary N) is 1. The van der Waals surface area contributed by atoms with Gasteiger partial charge in [-0.2, -0.15) is 0 Å². The molecule has 0 saturated carbocycles. The first-order valence-corrected chi connectivity index (χ1v) is 9.08. The van der Waals surface area contributed by atoms with Crippen molar-refractivity contribution in [1.29, 1.82) is 0 Å². The van der Waals surface area contributed by atoms with Crippen molar-refractivity contribution in [3.63, 3.8) is 0 Å². The highest BCUT2D eigenvalue weighted by Crippen LogP contribution is 2.24. The maximum absolute atomic E-state index is 11.9. The molecule has 1 aromatic heterocycles. The van der Waals surface area contributed by atoms with E-state index in [4.69, 9.17) is 5.73 Å². The molecule has 0 spiro atoms. The third-order valence-corrected chi connectivity index (χ3v) is 5.02. The van der Waals surface area contributed by atoms with Gasteiger partial charge < -0.3 is 10.3 Å². The van der Waals surface area contributed by atoms with Gasteiger partial charge in [-0.1, -0.05) is 13.0 Å². The molecule has 2 rings (SSSR count). The predicted molar refractivity (Wildman–Crippen MR) is 85.0 cm³/mol. The second-order valence-corrected chi connectivity index (χ2v) is 7.69. The van der Waals surface area contributed by atoms with E-state index in [9.17, 15) is 8.42 Å². The van der Waals surface area contributed by atoms with E-state index < -0.39 is 9.84 Å². The maximum atomic E-state index is 11.9. The van der Waals surface area contributed by atoms with Gasteiger partial charge in [0, 0.05) is 19.7 Å². The Morgan fingerprint density at radius 3 is 2.67 bits per heavy atom. The number of nitrogens with zero attached hydrogens (tertiary/aromatic N) is 2. The predicted octanol–water partition coefficient (Wildman–Crippen LogP) is 1.89. The first kappa shape index (κ1) is 16.0. The van der Waals surface area contributed by atoms with Crippen molar-refractivity contribution in [2.45, 2.75) is 31.1 Å². The van der Waals surface area contributed by atoms with Crippen LogP contribution in [-0.2, 0) is 23.3 Å². The molecule has 1 heterocycles. The van der Waals surface area contributed by atoms with Gasteiger partial charge in [0.1, 0.15) is 11.3 Å². The number of hydrogen-bond acceptors (Lipinski definition) is 4. The summed E-state index contributed by atoms with van der Waals surface area (Å²) in [5.41, 5.74) is 7.00. The van der Waals surface area contributed by atoms with Crippen LogP contribution in [0.5, 0.6) is 0 Å². The van der Waals surface area contributed by atoms with Gasteiger partial charge in [-0.05, 0) is 37.4 Å². The van der Waals surface area contributed by atoms with Crippen LogP contribution in [0.15, 0.2) is 23.1 Å². The standard InChI is InChI=1S/C15H23N3O2S/c1-11(9-10-16)7-8-14-17-15-12(18(14)2)5-4-6-13(15)21(3,19)20/h4-6,11H,7-10,16H2,1-3H3. The number of aryl methyl sites for hydroxylation is 2. The molecular formula is C15H23N3O2S. The molecule has 2 aromatic rings. The number of fused-ring (bicyclic) bond motifs is 1. The van der Waals surface area contributed by atoms with E-state index in [0.29, 0.717) is 22.9 Å². The van der Waals surface area contributed by atoms with Crippen LogP contribution < -0.4 is 5.73 Å². The monoisotopic (exact) mass is 309 g/mol. The highest BCUT2D eigenvalue weighted by molar-refractivity contribution is 7.91. The lowest BCUT2D eigenvalue weighted by molar-refractivity contribution is 0.490. The molecular weight excluding hydrogens is 286 g/mol. The summed E-state index contributed by atoms with van der Waals surface area (Å²) in [6.07, 6.45) is 4.05. The minimum absolute atomic E-state index is 0.303. The number of hydrogen-bond donors (Lipinski definition) is 1. The third-order valence-electron chi connectivity index (χ3n) is 3.89. The van der Waals surface area contributed by atoms with Gasteiger partial charge >= 0.3 is 0 Å². The molecule has 0 saturated heterocycles. The fourth-order valence-corrected chi connectivity index (χ4v) is 3.39. The molecule has 1 atom stereocenters. The quantitative estimate of drug-likeness (QED) is 0.884. The Hall–Kier alpha value is -1.40. The minimum atomic E-state index is -3.27. The first-order valence-electron chi connectivity index (χ1n) is 7.19. The summed E-state index contributed by atoms with van der Waals surface area (Å²) in [5, 5.41) is 0. The lowest BCUT2D eigenvalue weighted by Gasteiger charge is -2.09. The molecule has 6 heteroatoms. The Morgan fingerprint density at radius 2 is 2.05 bits per heavy atom. The lowest BCUT2D eigenvalue weighted by atomic mass is 10.0. The van der Waals surface area contributed by atoms with E-state index in [0.717, 1.165) is 30.6 Å². The van der Waals surface area contributed by atoms with Gasteiger partial charge in [-0.3, -0.25) is 0 Å². The summed E-state index contributed by atoms with van der Waals surface area (Å²) < 4.78 is 25.7. The molecule has 0 aliphatic carbocycles. The average Bonchev–Trinajstić information content (AvgIpc) is 2.73. The van der Waals surface area contributed by atoms with E-state index in [2.05, 4.69) is 11.9 Å². The smallest absolute Gasteiger partial charge is 0.177 e. The van der Waals surface area contributed by atoms with Crippen molar-refractivity contribution in [3.8, 4) is 0 Å². The van der Waals surface area contributed by atoms with Crippen LogP contribution in [0.1, 0.15) is 25.6 Å². The molecule has 0 amide bonds. The van der Waals surface area contributed by atoms with Crippen LogP contribution >= 0.6 is 0 Å². The summed E-state index contributed by atoms with van der Waals surface area (Å²) in [7, 11) is -1.33. The fraction of sp³-hybridized carbons (Fsp3) is 0.533. The molecule has 1 unspecified atom stereocenters. The normalized spacial score (nSPS) is 13.7. The zero-order chi connectivity index (χ0) is 15.6. The van der Waals surface area contributed by atoms with Crippen LogP contribution in [0.25, 0.3) is 11.0 Å². The van der Waals surface area contributed by atoms with Crippen molar-refractivity contribution >= 4 is 20.9 Å². The van der Waals surface area contributed by atoms with Crippen LogP contribution in [0, 0.1) is 5.92 Å². The number of rotatable bonds is 6. The molecule has 21 heavy (non-hydrogen) atoms. The molecule has 2 N–H and O–H groups in total. The summed E-state index contributed by atoms with van der Waals surface area (Å²) in [6, 6.07) is 5.29. The molecule has 1 aromatic carbocycles. The molecule has 0 bridgehead atoms. The van der Waals surface area contributed by atoms with Crippen molar-refractivity contribution in [1.82, 2.24) is 9.55 Å². The highest BCUT2D eigenvalue weighted by atomic mass is 32.2. The first-order chi connectivity index (χ1) is 9.84. The number of sulfone groups is 1. The second kappa shape index (κ2) is 6.15. The summed E-state index contributed by atoms with van der Waals surface area (Å²) in [5.74, 6) is 1.47. The highest BCUT2D eigenvalue weighted by Gasteiger charge is 2.17. The summed E-state index contributed by atoms with van der Waals surface area (Å²) in [6.45, 7) is 2.87. The number of imidazole rings is 1. The Kier molecular flexibility index (Phi) is 4.68. The zero-order valence-electron chi connectivity index (χ0n) is 12.8. The van der Waals surface area contributed by atoms with E-state index in [1.54, 1.807) is 12.1 Å². The van der Waals surface area contributed by atoms with E-state index in [1.165, 1.54) is 6.26 Å². The van der Waals surface area contributed by atoms with Crippen LogP contribution in [-0.4, -0.2) is 30.8 Å². The van der Waals surface area contributed by atoms with Crippen molar-refractivity contribution in [2.75, 3.05) is 12.8 Å². The summed E-state index contributed by atoms with van der Waals surface area (Å²) >= 11 is 0. The van der Waals surface area contributed by atoms with Crippen LogP contribution in [0.2, 0.25) is 0 Å². The molecule has 0 radical (unpaired) electrons. The van der Waals surface area contributed by atoms with Crippen LogP contribution in [0.3, 0.4) is 0 Å². The molecule has 0 aliphatic rings. The zero-order valence-corrected chi connectivity index (χ0v) is 13.7. The van der Waals surface area contributed by atoms with E-state index in [1.807, 2.05) is 17.7 Å². The van der Waals surface area contributed by atoms with Crippen molar-refractivity contribution in [2.24, 2.45) is 18.7 Å². The Morgan fingerprint density at radius 1 is 1.33 bits per heavy atom. The van der Waals surface area contributed by atoms with Gasteiger partial charge in [0.25, 0.3) is 0 Å². The molecule has 0 fully saturated rings. The van der Waals surface area contributed by atoms with Gasteiger partial charge in [-0.15, -0.1) is 0 Å². The number of benzene rings is 1. The van der Waals surface area contributed by atoms with Crippen molar-refractivity contribution in [3.05, 3.63) is 24.0 Å². The molecule has 5 nitrogen and oxygen atoms in total. The second-order valence-electron chi connectivity index (χ2n) is 5.70. The van der Waals surface area contributed by atoms with Crippen LogP contribution in [0.4, 0.5) is 0 Å². The summed E-state index contributed by atoms with van der Waals surface area (Å²) in [4.78, 5) is 4.87. The van der Waals surface area contributed by atoms with Gasteiger partial charge in [0.15, 0.2) is 9.84 Å². The topological polar surface area (TPSA) is 78.0 Å². The van der Waals surface area contributed by atoms with E-state index >= 15 is 0 Å². The SMILES string of the molecule is CC(CCN)CCc1nc2c(S(C)(=O)=O)cccc2n1C. The molecule has 116 valence electrons. The molecule has 0 aliphatic heterocycles. The number of para-hydroxylation sites is 1. The third kappa shape index (κ3) is 3.44. The minimum Gasteiger partial charge on any atom is -0.331 e. The fourth-order valence-electron chi connectivity index (χ4n) is 2.56.